The van der Waals surface area contributed by atoms with Gasteiger partial charge in [0.1, 0.15) is 0 Å². The first-order valence-corrected chi connectivity index (χ1v) is 7.23. The second-order valence-electron chi connectivity index (χ2n) is 4.70. The number of aromatic nitrogens is 1. The van der Waals surface area contributed by atoms with E-state index in [4.69, 9.17) is 11.6 Å². The molecule has 0 aliphatic rings. The maximum absolute atomic E-state index is 12.4. The van der Waals surface area contributed by atoms with Crippen LogP contribution >= 0.6 is 11.6 Å². The highest BCUT2D eigenvalue weighted by Gasteiger charge is 2.14. The van der Waals surface area contributed by atoms with Crippen LogP contribution in [0.25, 0.3) is 0 Å². The summed E-state index contributed by atoms with van der Waals surface area (Å²) in [6.45, 7) is 4.67. The minimum Gasteiger partial charge on any atom is -0.385 e. The number of amides is 1. The molecule has 1 aromatic carbocycles. The first-order valence-electron chi connectivity index (χ1n) is 6.86. The number of hydrogen-bond acceptors (Lipinski definition) is 3. The molecule has 2 aromatic rings. The topological polar surface area (TPSA) is 54.0 Å². The lowest BCUT2D eigenvalue weighted by Crippen LogP contribution is -2.27. The molecule has 1 unspecified atom stereocenters. The van der Waals surface area contributed by atoms with Crippen molar-refractivity contribution in [1.82, 2.24) is 10.3 Å². The fourth-order valence-corrected chi connectivity index (χ4v) is 2.16. The number of halogens is 1. The molecule has 1 atom stereocenters. The highest BCUT2D eigenvalue weighted by Crippen LogP contribution is 2.18. The van der Waals surface area contributed by atoms with Crippen LogP contribution in [0.5, 0.6) is 0 Å². The summed E-state index contributed by atoms with van der Waals surface area (Å²) in [5, 5.41) is 6.81. The maximum atomic E-state index is 12.4. The van der Waals surface area contributed by atoms with Gasteiger partial charge in [0, 0.05) is 24.0 Å². The second-order valence-corrected chi connectivity index (χ2v) is 5.13. The molecule has 1 aromatic heterocycles. The van der Waals surface area contributed by atoms with Crippen LogP contribution in [-0.2, 0) is 0 Å². The summed E-state index contributed by atoms with van der Waals surface area (Å²) >= 11 is 5.87. The van der Waals surface area contributed by atoms with E-state index in [1.165, 1.54) is 0 Å². The van der Waals surface area contributed by atoms with Crippen LogP contribution in [0.3, 0.4) is 0 Å². The van der Waals surface area contributed by atoms with Crippen LogP contribution in [0.4, 0.5) is 5.69 Å². The molecule has 2 rings (SSSR count). The Morgan fingerprint density at radius 2 is 2.00 bits per heavy atom. The number of hydrogen-bond donors (Lipinski definition) is 2. The van der Waals surface area contributed by atoms with Crippen molar-refractivity contribution in [3.63, 3.8) is 0 Å². The molecule has 0 radical (unpaired) electrons. The van der Waals surface area contributed by atoms with E-state index in [1.807, 2.05) is 38.1 Å². The van der Waals surface area contributed by atoms with Gasteiger partial charge in [-0.1, -0.05) is 23.7 Å². The zero-order valence-electron chi connectivity index (χ0n) is 12.1. The van der Waals surface area contributed by atoms with Crippen LogP contribution in [-0.4, -0.2) is 17.4 Å². The Morgan fingerprint density at radius 3 is 2.67 bits per heavy atom. The van der Waals surface area contributed by atoms with Crippen LogP contribution in [0.2, 0.25) is 5.02 Å². The Morgan fingerprint density at radius 1 is 1.29 bits per heavy atom. The average molecular weight is 304 g/mol. The molecule has 110 valence electrons. The lowest BCUT2D eigenvalue weighted by Gasteiger charge is -2.16. The predicted octanol–water partition coefficient (Wildman–Crippen LogP) is 3.66. The molecule has 0 fully saturated rings. The van der Waals surface area contributed by atoms with E-state index in [1.54, 1.807) is 18.5 Å². The van der Waals surface area contributed by atoms with Crippen LogP contribution in [0.15, 0.2) is 42.7 Å². The Hall–Kier alpha value is -2.07. The van der Waals surface area contributed by atoms with Gasteiger partial charge in [-0.2, -0.15) is 0 Å². The Kier molecular flexibility index (Phi) is 5.17. The zero-order valence-corrected chi connectivity index (χ0v) is 12.8. The van der Waals surface area contributed by atoms with Crippen molar-refractivity contribution in [3.05, 3.63) is 58.9 Å². The lowest BCUT2D eigenvalue weighted by molar-refractivity contribution is 0.0940. The number of anilines is 1. The summed E-state index contributed by atoms with van der Waals surface area (Å²) in [6, 6.07) is 9.13. The molecule has 2 N–H and O–H groups in total. The monoisotopic (exact) mass is 303 g/mol. The highest BCUT2D eigenvalue weighted by atomic mass is 35.5. The number of benzene rings is 1. The number of nitrogens with zero attached hydrogens (tertiary/aromatic N) is 1. The first kappa shape index (κ1) is 15.3. The van der Waals surface area contributed by atoms with Crippen LogP contribution < -0.4 is 10.6 Å². The van der Waals surface area contributed by atoms with Gasteiger partial charge in [-0.3, -0.25) is 9.78 Å². The molecular weight excluding hydrogens is 286 g/mol. The van der Waals surface area contributed by atoms with Crippen LogP contribution in [0.1, 0.15) is 35.8 Å². The molecule has 4 nitrogen and oxygen atoms in total. The Labute approximate surface area is 129 Å². The van der Waals surface area contributed by atoms with Gasteiger partial charge in [-0.15, -0.1) is 0 Å². The third-order valence-electron chi connectivity index (χ3n) is 3.15. The van der Waals surface area contributed by atoms with Gasteiger partial charge in [0.05, 0.1) is 17.3 Å². The molecule has 0 bridgehead atoms. The average Bonchev–Trinajstić information content (AvgIpc) is 2.48. The van der Waals surface area contributed by atoms with E-state index in [0.29, 0.717) is 10.6 Å². The molecule has 0 aliphatic heterocycles. The quantitative estimate of drug-likeness (QED) is 0.886. The van der Waals surface area contributed by atoms with E-state index in [2.05, 4.69) is 15.6 Å². The van der Waals surface area contributed by atoms with E-state index in [0.717, 1.165) is 17.8 Å². The van der Waals surface area contributed by atoms with Gasteiger partial charge in [0.15, 0.2) is 0 Å². The predicted molar refractivity (Wildman–Crippen MR) is 85.7 cm³/mol. The summed E-state index contributed by atoms with van der Waals surface area (Å²) in [4.78, 5) is 16.4. The number of nitrogens with one attached hydrogen (secondary N) is 2. The first-order chi connectivity index (χ1) is 10.1. The Bertz CT molecular complexity index is 613. The fraction of sp³-hybridized carbons (Fsp3) is 0.250. The number of carbonyl (C=O) groups excluding carboxylic acids is 1. The van der Waals surface area contributed by atoms with Crippen molar-refractivity contribution >= 4 is 23.2 Å². The van der Waals surface area contributed by atoms with Crippen molar-refractivity contribution in [3.8, 4) is 0 Å². The number of carbonyl (C=O) groups is 1. The summed E-state index contributed by atoms with van der Waals surface area (Å²) in [5.74, 6) is -0.151. The molecule has 5 heteroatoms. The molecule has 0 saturated carbocycles. The minimum absolute atomic E-state index is 0.107. The molecule has 0 saturated heterocycles. The number of rotatable bonds is 5. The molecule has 1 heterocycles. The summed E-state index contributed by atoms with van der Waals surface area (Å²) < 4.78 is 0. The van der Waals surface area contributed by atoms with E-state index in [9.17, 15) is 4.79 Å². The smallest absolute Gasteiger partial charge is 0.255 e. The van der Waals surface area contributed by atoms with Gasteiger partial charge >= 0.3 is 0 Å². The Balaban J connectivity index is 2.12. The standard InChI is InChI=1S/C16H18ClN3O/c1-3-19-15-8-9-18-10-14(15)16(21)20-11(2)12-4-6-13(17)7-5-12/h4-11H,3H2,1-2H3,(H,18,19)(H,20,21). The van der Waals surface area contributed by atoms with E-state index in [-0.39, 0.29) is 11.9 Å². The highest BCUT2D eigenvalue weighted by molar-refractivity contribution is 6.30. The molecule has 0 spiro atoms. The molecule has 21 heavy (non-hydrogen) atoms. The third-order valence-corrected chi connectivity index (χ3v) is 3.40. The van der Waals surface area contributed by atoms with Gasteiger partial charge < -0.3 is 10.6 Å². The van der Waals surface area contributed by atoms with Crippen molar-refractivity contribution in [2.75, 3.05) is 11.9 Å². The fourth-order valence-electron chi connectivity index (χ4n) is 2.03. The summed E-state index contributed by atoms with van der Waals surface area (Å²) in [6.07, 6.45) is 3.24. The van der Waals surface area contributed by atoms with Crippen molar-refractivity contribution in [2.24, 2.45) is 0 Å². The lowest BCUT2D eigenvalue weighted by atomic mass is 10.1. The normalized spacial score (nSPS) is 11.8. The van der Waals surface area contributed by atoms with Gasteiger partial charge in [0.2, 0.25) is 0 Å². The van der Waals surface area contributed by atoms with Gasteiger partial charge in [-0.05, 0) is 37.6 Å². The summed E-state index contributed by atoms with van der Waals surface area (Å²) in [5.41, 5.74) is 2.33. The summed E-state index contributed by atoms with van der Waals surface area (Å²) in [7, 11) is 0. The molecule has 0 aliphatic carbocycles. The second kappa shape index (κ2) is 7.09. The molecule has 1 amide bonds. The van der Waals surface area contributed by atoms with Crippen molar-refractivity contribution in [2.45, 2.75) is 19.9 Å². The van der Waals surface area contributed by atoms with Gasteiger partial charge in [-0.25, -0.2) is 0 Å². The minimum atomic E-state index is -0.151. The zero-order chi connectivity index (χ0) is 15.2. The molecular formula is C16H18ClN3O. The van der Waals surface area contributed by atoms with Gasteiger partial charge in [0.25, 0.3) is 5.91 Å². The van der Waals surface area contributed by atoms with E-state index < -0.39 is 0 Å². The van der Waals surface area contributed by atoms with Crippen LogP contribution in [0, 0.1) is 0 Å². The third kappa shape index (κ3) is 3.95. The van der Waals surface area contributed by atoms with Crippen molar-refractivity contribution < 1.29 is 4.79 Å². The SMILES string of the molecule is CCNc1ccncc1C(=O)NC(C)c1ccc(Cl)cc1. The van der Waals surface area contributed by atoms with E-state index >= 15 is 0 Å². The number of pyridine rings is 1. The maximum Gasteiger partial charge on any atom is 0.255 e. The largest absolute Gasteiger partial charge is 0.385 e. The van der Waals surface area contributed by atoms with Crippen molar-refractivity contribution in [1.29, 1.82) is 0 Å².